The zero-order chi connectivity index (χ0) is 22.1. The topological polar surface area (TPSA) is 63.1 Å². The Kier molecular flexibility index (Phi) is 5.57. The van der Waals surface area contributed by atoms with Crippen molar-refractivity contribution in [3.63, 3.8) is 0 Å². The number of aldehydes is 1. The summed E-state index contributed by atoms with van der Waals surface area (Å²) in [5.74, 6) is 0.373. The van der Waals surface area contributed by atoms with E-state index in [2.05, 4.69) is 45.1 Å². The monoisotopic (exact) mass is 430 g/mol. The van der Waals surface area contributed by atoms with E-state index >= 15 is 0 Å². The first-order chi connectivity index (χ1) is 15.7. The Morgan fingerprint density at radius 1 is 0.969 bits per heavy atom. The Bertz CT molecular complexity index is 1150. The van der Waals surface area contributed by atoms with Gasteiger partial charge in [0.15, 0.2) is 0 Å². The van der Waals surface area contributed by atoms with Gasteiger partial charge in [-0.05, 0) is 61.4 Å². The number of carbonyl (C=O) groups is 1. The van der Waals surface area contributed by atoms with Gasteiger partial charge in [-0.25, -0.2) is 4.39 Å². The molecule has 0 atom stereocenters. The van der Waals surface area contributed by atoms with Crippen LogP contribution in [0, 0.1) is 23.1 Å². The number of rotatable bonds is 4. The second-order valence-corrected chi connectivity index (χ2v) is 8.94. The number of H-pyrrole nitrogens is 1. The summed E-state index contributed by atoms with van der Waals surface area (Å²) in [6.07, 6.45) is 6.65. The van der Waals surface area contributed by atoms with E-state index in [9.17, 15) is 14.4 Å². The minimum absolute atomic E-state index is 0.218. The van der Waals surface area contributed by atoms with Crippen LogP contribution in [-0.4, -0.2) is 37.4 Å². The molecular weight excluding hydrogens is 403 g/mol. The van der Waals surface area contributed by atoms with E-state index in [-0.39, 0.29) is 11.7 Å². The molecule has 164 valence electrons. The molecule has 0 saturated carbocycles. The van der Waals surface area contributed by atoms with Crippen LogP contribution in [0.4, 0.5) is 15.8 Å². The first kappa shape index (κ1) is 20.6. The van der Waals surface area contributed by atoms with Gasteiger partial charge in [-0.15, -0.1) is 0 Å². The first-order valence-electron chi connectivity index (χ1n) is 11.4. The molecule has 0 radical (unpaired) electrons. The minimum Gasteiger partial charge on any atom is -0.371 e. The van der Waals surface area contributed by atoms with Crippen LogP contribution in [0.2, 0.25) is 0 Å². The molecule has 5 rings (SSSR count). The van der Waals surface area contributed by atoms with E-state index in [1.165, 1.54) is 17.3 Å². The van der Waals surface area contributed by atoms with Gasteiger partial charge < -0.3 is 19.6 Å². The zero-order valence-electron chi connectivity index (χ0n) is 18.1. The van der Waals surface area contributed by atoms with Gasteiger partial charge in [-0.3, -0.25) is 0 Å². The Balaban J connectivity index is 1.25. The molecule has 3 heterocycles. The number of carbonyl (C=O) groups excluding carboxylic acids is 1. The molecule has 32 heavy (non-hydrogen) atoms. The van der Waals surface area contributed by atoms with Crippen LogP contribution in [0.25, 0.3) is 10.9 Å². The third kappa shape index (κ3) is 3.73. The summed E-state index contributed by atoms with van der Waals surface area (Å²) in [7, 11) is 0. The third-order valence-corrected chi connectivity index (χ3v) is 7.18. The van der Waals surface area contributed by atoms with E-state index in [1.807, 2.05) is 6.07 Å². The molecule has 2 aliphatic rings. The summed E-state index contributed by atoms with van der Waals surface area (Å²) in [5, 5.41) is 9.66. The summed E-state index contributed by atoms with van der Waals surface area (Å²) in [6.45, 7) is 3.68. The van der Waals surface area contributed by atoms with Crippen molar-refractivity contribution in [1.82, 2.24) is 4.98 Å². The van der Waals surface area contributed by atoms with Crippen molar-refractivity contribution in [2.75, 3.05) is 36.0 Å². The van der Waals surface area contributed by atoms with Gasteiger partial charge in [-0.2, -0.15) is 5.26 Å². The lowest BCUT2D eigenvalue weighted by Crippen LogP contribution is -2.34. The maximum Gasteiger partial charge on any atom is 0.134 e. The number of aromatic nitrogens is 1. The fraction of sp³-hybridized carbons (Fsp3) is 0.385. The quantitative estimate of drug-likeness (QED) is 0.593. The van der Waals surface area contributed by atoms with Crippen molar-refractivity contribution in [3.05, 3.63) is 59.5 Å². The maximum absolute atomic E-state index is 14.3. The molecule has 0 amide bonds. The molecule has 0 spiro atoms. The van der Waals surface area contributed by atoms with Crippen LogP contribution in [0.5, 0.6) is 0 Å². The summed E-state index contributed by atoms with van der Waals surface area (Å²) >= 11 is 0. The lowest BCUT2D eigenvalue weighted by molar-refractivity contribution is -0.111. The fourth-order valence-corrected chi connectivity index (χ4v) is 5.25. The zero-order valence-corrected chi connectivity index (χ0v) is 18.1. The number of nitrogens with zero attached hydrogens (tertiary/aromatic N) is 3. The van der Waals surface area contributed by atoms with Crippen LogP contribution >= 0.6 is 0 Å². The molecule has 1 N–H and O–H groups in total. The number of aromatic amines is 1. The maximum atomic E-state index is 14.3. The molecule has 1 aromatic heterocycles. The van der Waals surface area contributed by atoms with Crippen molar-refractivity contribution in [2.24, 2.45) is 5.92 Å². The normalized spacial score (nSPS) is 18.1. The SMILES string of the molecule is N#Cc1c[nH]c2c(N3CCC(c4ccc(N5CCC(C=O)CC5)cc4)CC3)ccc(F)c12. The predicted octanol–water partition coefficient (Wildman–Crippen LogP) is 4.98. The number of fused-ring (bicyclic) bond motifs is 1. The highest BCUT2D eigenvalue weighted by Crippen LogP contribution is 2.36. The van der Waals surface area contributed by atoms with E-state index in [4.69, 9.17) is 0 Å². The summed E-state index contributed by atoms with van der Waals surface area (Å²) in [5.41, 5.74) is 4.64. The molecule has 2 fully saturated rings. The smallest absolute Gasteiger partial charge is 0.134 e. The number of nitrogens with one attached hydrogen (secondary N) is 1. The lowest BCUT2D eigenvalue weighted by atomic mass is 9.89. The largest absolute Gasteiger partial charge is 0.371 e. The average molecular weight is 431 g/mol. The molecule has 0 unspecified atom stereocenters. The van der Waals surface area contributed by atoms with Gasteiger partial charge in [-0.1, -0.05) is 12.1 Å². The highest BCUT2D eigenvalue weighted by Gasteiger charge is 2.24. The van der Waals surface area contributed by atoms with Gasteiger partial charge in [0.05, 0.1) is 22.2 Å². The standard InChI is InChI=1S/C26H27FN4O/c27-23-5-6-24(26-25(23)21(15-28)16-29-26)31-13-9-20(10-14-31)19-1-3-22(4-2-19)30-11-7-18(17-32)8-12-30/h1-6,16-18,20,29H,7-14H2. The molecule has 2 saturated heterocycles. The molecular formula is C26H27FN4O. The minimum atomic E-state index is -0.355. The number of anilines is 2. The Hall–Kier alpha value is -3.33. The van der Waals surface area contributed by atoms with Gasteiger partial charge in [0.2, 0.25) is 0 Å². The molecule has 2 aromatic carbocycles. The van der Waals surface area contributed by atoms with E-state index in [0.29, 0.717) is 22.4 Å². The van der Waals surface area contributed by atoms with Crippen LogP contribution in [0.3, 0.4) is 0 Å². The summed E-state index contributed by atoms with van der Waals surface area (Å²) in [6, 6.07) is 14.3. The molecule has 3 aromatic rings. The van der Waals surface area contributed by atoms with E-state index < -0.39 is 0 Å². The number of hydrogen-bond donors (Lipinski definition) is 1. The van der Waals surface area contributed by atoms with Crippen molar-refractivity contribution in [2.45, 2.75) is 31.6 Å². The molecule has 0 bridgehead atoms. The Morgan fingerprint density at radius 3 is 2.31 bits per heavy atom. The molecule has 6 heteroatoms. The van der Waals surface area contributed by atoms with Gasteiger partial charge in [0, 0.05) is 44.0 Å². The van der Waals surface area contributed by atoms with E-state index in [0.717, 1.165) is 63.8 Å². The molecule has 5 nitrogen and oxygen atoms in total. The van der Waals surface area contributed by atoms with Crippen molar-refractivity contribution in [3.8, 4) is 6.07 Å². The van der Waals surface area contributed by atoms with Crippen LogP contribution in [-0.2, 0) is 4.79 Å². The van der Waals surface area contributed by atoms with Gasteiger partial charge >= 0.3 is 0 Å². The highest BCUT2D eigenvalue weighted by molar-refractivity contribution is 5.95. The average Bonchev–Trinajstić information content (AvgIpc) is 3.30. The molecule has 0 aliphatic carbocycles. The van der Waals surface area contributed by atoms with Crippen molar-refractivity contribution in [1.29, 1.82) is 5.26 Å². The van der Waals surface area contributed by atoms with Gasteiger partial charge in [0.1, 0.15) is 18.2 Å². The second kappa shape index (κ2) is 8.66. The third-order valence-electron chi connectivity index (χ3n) is 7.18. The number of nitriles is 1. The summed E-state index contributed by atoms with van der Waals surface area (Å²) in [4.78, 5) is 18.7. The fourth-order valence-electron chi connectivity index (χ4n) is 5.25. The van der Waals surface area contributed by atoms with Crippen LogP contribution in [0.15, 0.2) is 42.6 Å². The second-order valence-electron chi connectivity index (χ2n) is 8.94. The number of hydrogen-bond acceptors (Lipinski definition) is 4. The van der Waals surface area contributed by atoms with Crippen LogP contribution < -0.4 is 9.80 Å². The number of piperidine rings is 2. The van der Waals surface area contributed by atoms with Crippen molar-refractivity contribution < 1.29 is 9.18 Å². The van der Waals surface area contributed by atoms with Crippen LogP contribution in [0.1, 0.15) is 42.7 Å². The summed E-state index contributed by atoms with van der Waals surface area (Å²) < 4.78 is 14.3. The van der Waals surface area contributed by atoms with Gasteiger partial charge in [0.25, 0.3) is 0 Å². The Labute approximate surface area is 187 Å². The van der Waals surface area contributed by atoms with E-state index in [1.54, 1.807) is 6.20 Å². The number of benzene rings is 2. The first-order valence-corrected chi connectivity index (χ1v) is 11.4. The molecule has 2 aliphatic heterocycles. The Morgan fingerprint density at radius 2 is 1.66 bits per heavy atom. The lowest BCUT2D eigenvalue weighted by Gasteiger charge is -2.35. The predicted molar refractivity (Wildman–Crippen MR) is 125 cm³/mol. The highest BCUT2D eigenvalue weighted by atomic mass is 19.1. The van der Waals surface area contributed by atoms with Crippen molar-refractivity contribution >= 4 is 28.6 Å². The number of halogens is 1.